The Balaban J connectivity index is 2.09. The molecule has 4 heteroatoms. The summed E-state index contributed by atoms with van der Waals surface area (Å²) in [6, 6.07) is 15.0. The Morgan fingerprint density at radius 2 is 1.88 bits per heavy atom. The molecule has 0 aromatic heterocycles. The molecule has 0 atom stereocenters. The molecule has 2 aromatic carbocycles. The van der Waals surface area contributed by atoms with Gasteiger partial charge >= 0.3 is 5.97 Å². The van der Waals surface area contributed by atoms with Crippen LogP contribution in [0, 0.1) is 12.7 Å². The minimum Gasteiger partial charge on any atom is -0.469 e. The molecule has 1 aliphatic heterocycles. The van der Waals surface area contributed by atoms with Crippen molar-refractivity contribution < 1.29 is 13.9 Å². The molecule has 0 fully saturated rings. The summed E-state index contributed by atoms with van der Waals surface area (Å²) in [5.41, 5.74) is 5.24. The van der Waals surface area contributed by atoms with E-state index >= 15 is 0 Å². The van der Waals surface area contributed by atoms with Gasteiger partial charge in [-0.1, -0.05) is 36.4 Å². The summed E-state index contributed by atoms with van der Waals surface area (Å²) in [5.74, 6) is -0.474. The lowest BCUT2D eigenvalue weighted by Crippen LogP contribution is -2.03. The molecule has 0 N–H and O–H groups in total. The lowest BCUT2D eigenvalue weighted by Gasteiger charge is -2.10. The third-order valence-electron chi connectivity index (χ3n) is 4.60. The van der Waals surface area contributed by atoms with Crippen molar-refractivity contribution >= 4 is 17.4 Å². The van der Waals surface area contributed by atoms with E-state index < -0.39 is 0 Å². The molecule has 2 aromatic rings. The average Bonchev–Trinajstić information content (AvgIpc) is 2.87. The number of benzene rings is 2. The number of nitrogens with zero attached hydrogens (tertiary/aromatic N) is 1. The maximum absolute atomic E-state index is 13.6. The summed E-state index contributed by atoms with van der Waals surface area (Å²) in [5, 5.41) is 0. The lowest BCUT2D eigenvalue weighted by atomic mass is 9.99. The molecule has 1 aliphatic rings. The third-order valence-corrected chi connectivity index (χ3v) is 4.60. The zero-order valence-corrected chi connectivity index (χ0v) is 15.1. The van der Waals surface area contributed by atoms with Gasteiger partial charge in [-0.3, -0.25) is 9.79 Å². The highest BCUT2D eigenvalue weighted by atomic mass is 19.1. The second-order valence-corrected chi connectivity index (χ2v) is 6.45. The molecule has 0 aliphatic carbocycles. The molecular weight excluding hydrogens is 329 g/mol. The first kappa shape index (κ1) is 18.1. The van der Waals surface area contributed by atoms with Crippen LogP contribution >= 0.6 is 0 Å². The van der Waals surface area contributed by atoms with Gasteiger partial charge in [0.05, 0.1) is 19.2 Å². The van der Waals surface area contributed by atoms with Crippen molar-refractivity contribution in [2.75, 3.05) is 7.11 Å². The van der Waals surface area contributed by atoms with Crippen LogP contribution in [0.4, 0.5) is 4.39 Å². The maximum Gasteiger partial charge on any atom is 0.309 e. The molecule has 3 rings (SSSR count). The Labute approximate surface area is 153 Å². The van der Waals surface area contributed by atoms with Gasteiger partial charge in [-0.05, 0) is 55.0 Å². The van der Waals surface area contributed by atoms with Gasteiger partial charge in [0.1, 0.15) is 5.82 Å². The smallest absolute Gasteiger partial charge is 0.309 e. The lowest BCUT2D eigenvalue weighted by molar-refractivity contribution is -0.139. The monoisotopic (exact) mass is 351 g/mol. The van der Waals surface area contributed by atoms with Crippen LogP contribution in [-0.4, -0.2) is 18.8 Å². The van der Waals surface area contributed by atoms with Gasteiger partial charge in [0.2, 0.25) is 0 Å². The van der Waals surface area contributed by atoms with Crippen LogP contribution in [0.15, 0.2) is 59.1 Å². The molecule has 0 saturated carbocycles. The normalized spacial score (nSPS) is 14.7. The van der Waals surface area contributed by atoms with E-state index in [4.69, 9.17) is 9.73 Å². The van der Waals surface area contributed by atoms with E-state index in [0.29, 0.717) is 5.56 Å². The topological polar surface area (TPSA) is 38.7 Å². The zero-order chi connectivity index (χ0) is 18.5. The average molecular weight is 351 g/mol. The fourth-order valence-electron chi connectivity index (χ4n) is 3.17. The molecule has 134 valence electrons. The van der Waals surface area contributed by atoms with Crippen molar-refractivity contribution in [3.63, 3.8) is 0 Å². The summed E-state index contributed by atoms with van der Waals surface area (Å²) >= 11 is 0. The van der Waals surface area contributed by atoms with Crippen molar-refractivity contribution in [1.82, 2.24) is 0 Å². The number of ether oxygens (including phenoxy) is 1. The third kappa shape index (κ3) is 4.07. The maximum atomic E-state index is 13.6. The summed E-state index contributed by atoms with van der Waals surface area (Å²) < 4.78 is 18.5. The second kappa shape index (κ2) is 8.09. The number of rotatable bonds is 4. The number of halogens is 1. The number of aliphatic imine (C=N–C) groups is 1. The molecule has 26 heavy (non-hydrogen) atoms. The number of hydrogen-bond acceptors (Lipinski definition) is 3. The standard InChI is InChI=1S/C22H22FNO2/c1-15-13-17(11-12-19(15)23)20-10-6-9-18(14-21(25)26-2)22(24-20)16-7-4-3-5-8-16/h3-5,7-8,11-13H,6,9-10,14H2,1-2H3. The molecule has 0 unspecified atom stereocenters. The predicted octanol–water partition coefficient (Wildman–Crippen LogP) is 5.08. The second-order valence-electron chi connectivity index (χ2n) is 6.45. The largest absolute Gasteiger partial charge is 0.469 e. The number of esters is 1. The number of methoxy groups -OCH3 is 1. The van der Waals surface area contributed by atoms with Crippen molar-refractivity contribution in [1.29, 1.82) is 0 Å². The fraction of sp³-hybridized carbons (Fsp3) is 0.273. The molecule has 1 heterocycles. The quantitative estimate of drug-likeness (QED) is 0.720. The summed E-state index contributed by atoms with van der Waals surface area (Å²) in [7, 11) is 1.40. The highest BCUT2D eigenvalue weighted by Gasteiger charge is 2.19. The predicted molar refractivity (Wildman–Crippen MR) is 102 cm³/mol. The van der Waals surface area contributed by atoms with Gasteiger partial charge in [0.15, 0.2) is 0 Å². The molecular formula is C22H22FNO2. The van der Waals surface area contributed by atoms with Gasteiger partial charge in [0, 0.05) is 11.3 Å². The molecule has 0 amide bonds. The van der Waals surface area contributed by atoms with Crippen LogP contribution in [0.25, 0.3) is 5.70 Å². The van der Waals surface area contributed by atoms with Crippen LogP contribution in [0.3, 0.4) is 0 Å². The van der Waals surface area contributed by atoms with Gasteiger partial charge < -0.3 is 4.74 Å². The highest BCUT2D eigenvalue weighted by molar-refractivity contribution is 6.04. The number of carbonyl (C=O) groups excluding carboxylic acids is 1. The number of aryl methyl sites for hydroxylation is 1. The Bertz CT molecular complexity index is 869. The van der Waals surface area contributed by atoms with Crippen molar-refractivity contribution in [2.45, 2.75) is 32.6 Å². The van der Waals surface area contributed by atoms with Crippen LogP contribution in [0.1, 0.15) is 42.4 Å². The van der Waals surface area contributed by atoms with E-state index in [-0.39, 0.29) is 18.2 Å². The van der Waals surface area contributed by atoms with Crippen LogP contribution < -0.4 is 0 Å². The first-order valence-corrected chi connectivity index (χ1v) is 8.77. The Morgan fingerprint density at radius 3 is 2.58 bits per heavy atom. The highest BCUT2D eigenvalue weighted by Crippen LogP contribution is 2.31. The molecule has 0 saturated heterocycles. The molecule has 0 radical (unpaired) electrons. The van der Waals surface area contributed by atoms with E-state index in [1.54, 1.807) is 13.0 Å². The number of hydrogen-bond donors (Lipinski definition) is 0. The van der Waals surface area contributed by atoms with Gasteiger partial charge in [-0.2, -0.15) is 0 Å². The fourth-order valence-corrected chi connectivity index (χ4v) is 3.17. The first-order chi connectivity index (χ1) is 12.6. The van der Waals surface area contributed by atoms with Crippen LogP contribution in [0.5, 0.6) is 0 Å². The van der Waals surface area contributed by atoms with Crippen molar-refractivity contribution in [3.8, 4) is 0 Å². The van der Waals surface area contributed by atoms with E-state index in [2.05, 4.69) is 0 Å². The van der Waals surface area contributed by atoms with E-state index in [1.807, 2.05) is 36.4 Å². The Morgan fingerprint density at radius 1 is 1.12 bits per heavy atom. The minimum absolute atomic E-state index is 0.215. The molecule has 3 nitrogen and oxygen atoms in total. The van der Waals surface area contributed by atoms with Gasteiger partial charge in [-0.25, -0.2) is 4.39 Å². The molecule has 0 bridgehead atoms. The van der Waals surface area contributed by atoms with E-state index in [1.165, 1.54) is 13.2 Å². The number of carbonyl (C=O) groups is 1. The van der Waals surface area contributed by atoms with Gasteiger partial charge in [0.25, 0.3) is 0 Å². The summed E-state index contributed by atoms with van der Waals surface area (Å²) in [6.45, 7) is 1.76. The summed E-state index contributed by atoms with van der Waals surface area (Å²) in [6.07, 6.45) is 2.69. The SMILES string of the molecule is COC(=O)CC1=C(c2ccccc2)N=C(c2ccc(F)c(C)c2)CCC1. The Kier molecular flexibility index (Phi) is 5.61. The zero-order valence-electron chi connectivity index (χ0n) is 15.1. The molecule has 0 spiro atoms. The first-order valence-electron chi connectivity index (χ1n) is 8.77. The minimum atomic E-state index is -0.260. The van der Waals surface area contributed by atoms with Crippen molar-refractivity contribution in [3.05, 3.63) is 76.6 Å². The van der Waals surface area contributed by atoms with E-state index in [0.717, 1.165) is 47.4 Å². The van der Waals surface area contributed by atoms with Gasteiger partial charge in [-0.15, -0.1) is 0 Å². The van der Waals surface area contributed by atoms with E-state index in [9.17, 15) is 9.18 Å². The van der Waals surface area contributed by atoms with Crippen LogP contribution in [-0.2, 0) is 9.53 Å². The van der Waals surface area contributed by atoms with Crippen molar-refractivity contribution in [2.24, 2.45) is 4.99 Å². The Hall–Kier alpha value is -2.75. The van der Waals surface area contributed by atoms with Crippen LogP contribution in [0.2, 0.25) is 0 Å². The summed E-state index contributed by atoms with van der Waals surface area (Å²) in [4.78, 5) is 16.8.